The first-order valence-corrected chi connectivity index (χ1v) is 11.1. The van der Waals surface area contributed by atoms with E-state index < -0.39 is 17.6 Å². The molecule has 0 bridgehead atoms. The van der Waals surface area contributed by atoms with Crippen LogP contribution in [0.3, 0.4) is 0 Å². The zero-order valence-electron chi connectivity index (χ0n) is 17.2. The Hall–Kier alpha value is -2.13. The molecule has 2 N–H and O–H groups in total. The second kappa shape index (κ2) is 6.93. The van der Waals surface area contributed by atoms with Gasteiger partial charge in [-0.05, 0) is 43.6 Å². The van der Waals surface area contributed by atoms with Crippen LogP contribution in [0.1, 0.15) is 49.0 Å². The Labute approximate surface area is 178 Å². The maximum absolute atomic E-state index is 13.3. The van der Waals surface area contributed by atoms with Gasteiger partial charge in [-0.25, -0.2) is 9.97 Å². The van der Waals surface area contributed by atoms with Crippen LogP contribution in [-0.4, -0.2) is 51.8 Å². The average molecular weight is 433 g/mol. The third kappa shape index (κ3) is 3.42. The third-order valence-corrected chi connectivity index (χ3v) is 7.43. The lowest BCUT2D eigenvalue weighted by atomic mass is 10.1. The summed E-state index contributed by atoms with van der Waals surface area (Å²) < 4.78 is 47.6. The number of imidazole rings is 1. The van der Waals surface area contributed by atoms with Crippen LogP contribution >= 0.6 is 0 Å². The summed E-state index contributed by atoms with van der Waals surface area (Å²) in [5.41, 5.74) is 5.51. The van der Waals surface area contributed by atoms with Crippen LogP contribution in [0.2, 0.25) is 0 Å². The van der Waals surface area contributed by atoms with Crippen LogP contribution in [0.4, 0.5) is 19.0 Å². The quantitative estimate of drug-likeness (QED) is 0.796. The number of piperidine rings is 1. The lowest BCUT2D eigenvalue weighted by Gasteiger charge is -2.32. The summed E-state index contributed by atoms with van der Waals surface area (Å²) in [6.07, 6.45) is 3.23. The minimum absolute atomic E-state index is 0.372. The molecular formula is C22H26F3N5O. The summed E-state index contributed by atoms with van der Waals surface area (Å²) in [6.45, 7) is 3.90. The van der Waals surface area contributed by atoms with Crippen LogP contribution in [-0.2, 0) is 10.9 Å². The van der Waals surface area contributed by atoms with Crippen molar-refractivity contribution < 1.29 is 17.9 Å². The fourth-order valence-corrected chi connectivity index (χ4v) is 5.56. The number of nitrogens with zero attached hydrogens (tertiary/aromatic N) is 4. The van der Waals surface area contributed by atoms with E-state index in [0.717, 1.165) is 63.9 Å². The number of halogens is 3. The van der Waals surface area contributed by atoms with Crippen molar-refractivity contribution in [3.8, 4) is 11.3 Å². The Kier molecular flexibility index (Phi) is 4.37. The summed E-state index contributed by atoms with van der Waals surface area (Å²) in [7, 11) is 0. The predicted octanol–water partition coefficient (Wildman–Crippen LogP) is 3.71. The van der Waals surface area contributed by atoms with E-state index in [2.05, 4.69) is 14.5 Å². The van der Waals surface area contributed by atoms with Crippen molar-refractivity contribution in [3.05, 3.63) is 29.8 Å². The number of rotatable bonds is 4. The number of aromatic nitrogens is 3. The van der Waals surface area contributed by atoms with E-state index in [1.807, 2.05) is 6.20 Å². The Balaban J connectivity index is 1.25. The Morgan fingerprint density at radius 2 is 1.77 bits per heavy atom. The fourth-order valence-electron chi connectivity index (χ4n) is 5.56. The molecule has 2 aliphatic heterocycles. The monoisotopic (exact) mass is 433 g/mol. The largest absolute Gasteiger partial charge is 0.419 e. The Bertz CT molecular complexity index is 984. The van der Waals surface area contributed by atoms with Gasteiger partial charge in [-0.15, -0.1) is 0 Å². The molecule has 0 aromatic carbocycles. The van der Waals surface area contributed by atoms with Gasteiger partial charge in [0.25, 0.3) is 0 Å². The number of nitrogens with two attached hydrogens (primary N) is 1. The topological polar surface area (TPSA) is 69.2 Å². The van der Waals surface area contributed by atoms with E-state index in [9.17, 15) is 13.2 Å². The second-order valence-corrected chi connectivity index (χ2v) is 9.44. The molecule has 6 rings (SSSR count). The van der Waals surface area contributed by atoms with Gasteiger partial charge in [-0.3, -0.25) is 4.90 Å². The molecule has 3 atom stereocenters. The van der Waals surface area contributed by atoms with Crippen molar-refractivity contribution in [2.45, 2.75) is 49.9 Å². The van der Waals surface area contributed by atoms with Gasteiger partial charge in [0.2, 0.25) is 0 Å². The number of alkyl halides is 3. The number of hydrogen-bond acceptors (Lipinski definition) is 5. The molecule has 2 aliphatic carbocycles. The highest BCUT2D eigenvalue weighted by Gasteiger charge is 2.58. The smallest absolute Gasteiger partial charge is 0.383 e. The maximum atomic E-state index is 13.3. The molecule has 4 fully saturated rings. The molecular weight excluding hydrogens is 407 g/mol. The molecule has 0 spiro atoms. The number of fused-ring (bicyclic) bond motifs is 1. The number of nitrogen functional groups attached to an aromatic ring is 1. The molecule has 2 saturated heterocycles. The van der Waals surface area contributed by atoms with Crippen LogP contribution < -0.4 is 5.73 Å². The first kappa shape index (κ1) is 19.5. The van der Waals surface area contributed by atoms with Crippen molar-refractivity contribution in [1.82, 2.24) is 19.4 Å². The molecule has 0 radical (unpaired) electrons. The normalized spacial score (nSPS) is 29.3. The van der Waals surface area contributed by atoms with E-state index in [1.54, 1.807) is 0 Å². The minimum atomic E-state index is -4.53. The van der Waals surface area contributed by atoms with Gasteiger partial charge < -0.3 is 15.0 Å². The molecule has 166 valence electrons. The fraction of sp³-hybridized carbons (Fsp3) is 0.636. The molecule has 4 aliphatic rings. The number of anilines is 1. The molecule has 9 heteroatoms. The van der Waals surface area contributed by atoms with Crippen molar-refractivity contribution in [1.29, 1.82) is 0 Å². The first-order chi connectivity index (χ1) is 14.9. The highest BCUT2D eigenvalue weighted by Crippen LogP contribution is 2.58. The van der Waals surface area contributed by atoms with Crippen LogP contribution in [0.25, 0.3) is 11.3 Å². The third-order valence-electron chi connectivity index (χ3n) is 7.43. The highest BCUT2D eigenvalue weighted by molar-refractivity contribution is 5.62. The summed E-state index contributed by atoms with van der Waals surface area (Å²) in [6, 6.07) is 2.12. The van der Waals surface area contributed by atoms with E-state index in [0.29, 0.717) is 41.1 Å². The van der Waals surface area contributed by atoms with Crippen LogP contribution in [0.15, 0.2) is 18.5 Å². The van der Waals surface area contributed by atoms with E-state index in [1.165, 1.54) is 6.20 Å². The van der Waals surface area contributed by atoms with Crippen LogP contribution in [0.5, 0.6) is 0 Å². The Morgan fingerprint density at radius 1 is 1.06 bits per heavy atom. The lowest BCUT2D eigenvalue weighted by Crippen LogP contribution is -2.39. The molecule has 1 unspecified atom stereocenters. The predicted molar refractivity (Wildman–Crippen MR) is 108 cm³/mol. The highest BCUT2D eigenvalue weighted by atomic mass is 19.4. The summed E-state index contributed by atoms with van der Waals surface area (Å²) in [4.78, 5) is 11.2. The molecule has 2 saturated carbocycles. The number of ether oxygens (including phenoxy) is 1. The van der Waals surface area contributed by atoms with E-state index >= 15 is 0 Å². The standard InChI is InChI=1S/C22H26F3N5O/c23-22(24,25)17-7-13(8-27-20(17)26)18-11-30(21(28-18)12-1-2-12)19-15-9-29(10-16(15)19)14-3-5-31-6-4-14/h7-8,11-12,14-16,19H,1-6,9-10H2,(H2,26,27)/t15-,16+,19?. The van der Waals surface area contributed by atoms with Crippen molar-refractivity contribution in [3.63, 3.8) is 0 Å². The average Bonchev–Trinajstić information content (AvgIpc) is 3.62. The van der Waals surface area contributed by atoms with E-state index in [-0.39, 0.29) is 0 Å². The van der Waals surface area contributed by atoms with Gasteiger partial charge in [-0.2, -0.15) is 13.2 Å². The van der Waals surface area contributed by atoms with Crippen molar-refractivity contribution in [2.24, 2.45) is 11.8 Å². The van der Waals surface area contributed by atoms with Crippen LogP contribution in [0, 0.1) is 11.8 Å². The minimum Gasteiger partial charge on any atom is -0.383 e. The number of likely N-dealkylation sites (tertiary alicyclic amines) is 1. The SMILES string of the molecule is Nc1ncc(-c2cn(C3[C@H]4CN(C5CCOCC5)C[C@@H]34)c(C3CC3)n2)cc1C(F)(F)F. The van der Waals surface area contributed by atoms with Gasteiger partial charge in [-0.1, -0.05) is 0 Å². The molecule has 6 nitrogen and oxygen atoms in total. The van der Waals surface area contributed by atoms with Gasteiger partial charge in [0.05, 0.1) is 11.3 Å². The van der Waals surface area contributed by atoms with E-state index in [4.69, 9.17) is 15.5 Å². The molecule has 31 heavy (non-hydrogen) atoms. The first-order valence-electron chi connectivity index (χ1n) is 11.1. The zero-order valence-corrected chi connectivity index (χ0v) is 17.2. The summed E-state index contributed by atoms with van der Waals surface area (Å²) >= 11 is 0. The molecule has 2 aromatic heterocycles. The van der Waals surface area contributed by atoms with Gasteiger partial charge in [0.15, 0.2) is 0 Å². The van der Waals surface area contributed by atoms with Gasteiger partial charge >= 0.3 is 6.18 Å². The molecule has 2 aromatic rings. The molecule has 0 amide bonds. The Morgan fingerprint density at radius 3 is 2.42 bits per heavy atom. The van der Waals surface area contributed by atoms with Gasteiger partial charge in [0.1, 0.15) is 11.6 Å². The van der Waals surface area contributed by atoms with Crippen molar-refractivity contribution in [2.75, 3.05) is 32.0 Å². The summed E-state index contributed by atoms with van der Waals surface area (Å²) in [5.74, 6) is 2.17. The summed E-state index contributed by atoms with van der Waals surface area (Å²) in [5, 5.41) is 0. The van der Waals surface area contributed by atoms with Crippen molar-refractivity contribution >= 4 is 5.82 Å². The zero-order chi connectivity index (χ0) is 21.3. The number of hydrogen-bond donors (Lipinski definition) is 1. The number of pyridine rings is 1. The lowest BCUT2D eigenvalue weighted by molar-refractivity contribution is -0.137. The maximum Gasteiger partial charge on any atom is 0.419 e. The second-order valence-electron chi connectivity index (χ2n) is 9.44. The van der Waals surface area contributed by atoms with Gasteiger partial charge in [0, 0.05) is 62.3 Å². The molecule has 4 heterocycles.